The van der Waals surface area contributed by atoms with E-state index in [0.717, 1.165) is 0 Å². The number of hydrogen-bond donors (Lipinski definition) is 1. The topological polar surface area (TPSA) is 26.0 Å². The third-order valence-corrected chi connectivity index (χ3v) is 4.44. The highest BCUT2D eigenvalue weighted by molar-refractivity contribution is 7.15. The minimum absolute atomic E-state index is 0.115. The maximum Gasteiger partial charge on any atom is 0.0361 e. The molecule has 0 radical (unpaired) electrons. The molecule has 0 aliphatic rings. The third kappa shape index (κ3) is 2.05. The highest BCUT2D eigenvalue weighted by Gasteiger charge is 2.06. The van der Waals surface area contributed by atoms with Gasteiger partial charge in [0.15, 0.2) is 0 Å². The lowest BCUT2D eigenvalue weighted by Crippen LogP contribution is -2.01. The van der Waals surface area contributed by atoms with Crippen LogP contribution < -0.4 is 5.73 Å². The Balaban J connectivity index is 2.07. The summed E-state index contributed by atoms with van der Waals surface area (Å²) in [7, 11) is 0. The van der Waals surface area contributed by atoms with Gasteiger partial charge in [-0.15, -0.1) is 11.3 Å². The van der Waals surface area contributed by atoms with Crippen molar-refractivity contribution < 1.29 is 0 Å². The molecule has 0 fully saturated rings. The fourth-order valence-corrected chi connectivity index (χ4v) is 3.05. The zero-order chi connectivity index (χ0) is 12.5. The van der Waals surface area contributed by atoms with Crippen molar-refractivity contribution in [2.24, 2.45) is 5.73 Å². The van der Waals surface area contributed by atoms with Crippen molar-refractivity contribution in [3.63, 3.8) is 0 Å². The summed E-state index contributed by atoms with van der Waals surface area (Å²) < 4.78 is 0. The Morgan fingerprint density at radius 2 is 1.72 bits per heavy atom. The molecule has 1 aromatic heterocycles. The van der Waals surface area contributed by atoms with Gasteiger partial charge in [-0.05, 0) is 41.5 Å². The lowest BCUT2D eigenvalue weighted by Gasteiger charge is -2.02. The molecule has 0 aliphatic carbocycles. The van der Waals surface area contributed by atoms with Crippen molar-refractivity contribution in [3.8, 4) is 10.4 Å². The molecule has 2 heteroatoms. The minimum atomic E-state index is 0.115. The Morgan fingerprint density at radius 1 is 0.944 bits per heavy atom. The van der Waals surface area contributed by atoms with Crippen molar-refractivity contribution in [1.82, 2.24) is 0 Å². The third-order valence-electron chi connectivity index (χ3n) is 3.11. The average Bonchev–Trinajstić information content (AvgIpc) is 2.88. The fraction of sp³-hybridized carbons (Fsp3) is 0.125. The Hall–Kier alpha value is -1.64. The molecule has 1 nitrogen and oxygen atoms in total. The first-order chi connectivity index (χ1) is 8.74. The molecule has 3 aromatic rings. The van der Waals surface area contributed by atoms with E-state index in [9.17, 15) is 0 Å². The predicted octanol–water partition coefficient (Wildman–Crippen LogP) is 4.59. The number of benzene rings is 2. The molecular formula is C16H15NS. The molecule has 3 rings (SSSR count). The molecule has 1 unspecified atom stereocenters. The molecule has 2 aromatic carbocycles. The van der Waals surface area contributed by atoms with Gasteiger partial charge in [-0.1, -0.05) is 36.4 Å². The highest BCUT2D eigenvalue weighted by Crippen LogP contribution is 2.32. The van der Waals surface area contributed by atoms with Crippen LogP contribution in [0.25, 0.3) is 21.2 Å². The molecular weight excluding hydrogens is 238 g/mol. The van der Waals surface area contributed by atoms with Crippen LogP contribution in [0.4, 0.5) is 0 Å². The summed E-state index contributed by atoms with van der Waals surface area (Å²) in [6, 6.07) is 19.4. The molecule has 0 saturated heterocycles. The molecule has 0 saturated carbocycles. The van der Waals surface area contributed by atoms with E-state index in [0.29, 0.717) is 0 Å². The average molecular weight is 253 g/mol. The van der Waals surface area contributed by atoms with Gasteiger partial charge in [0.25, 0.3) is 0 Å². The summed E-state index contributed by atoms with van der Waals surface area (Å²) in [6.45, 7) is 2.02. The van der Waals surface area contributed by atoms with E-state index in [4.69, 9.17) is 5.73 Å². The normalized spacial score (nSPS) is 12.8. The van der Waals surface area contributed by atoms with Crippen LogP contribution in [-0.2, 0) is 0 Å². The van der Waals surface area contributed by atoms with Crippen molar-refractivity contribution in [3.05, 3.63) is 59.5 Å². The zero-order valence-electron chi connectivity index (χ0n) is 10.3. The summed E-state index contributed by atoms with van der Waals surface area (Å²) in [5, 5.41) is 2.57. The quantitative estimate of drug-likeness (QED) is 0.710. The lowest BCUT2D eigenvalue weighted by atomic mass is 10.1. The second kappa shape index (κ2) is 4.56. The van der Waals surface area contributed by atoms with E-state index in [1.54, 1.807) is 11.3 Å². The predicted molar refractivity (Wildman–Crippen MR) is 79.9 cm³/mol. The van der Waals surface area contributed by atoms with Crippen LogP contribution >= 0.6 is 11.3 Å². The van der Waals surface area contributed by atoms with Crippen molar-refractivity contribution in [2.75, 3.05) is 0 Å². The second-order valence-corrected chi connectivity index (χ2v) is 5.67. The van der Waals surface area contributed by atoms with E-state index in [2.05, 4.69) is 54.6 Å². The van der Waals surface area contributed by atoms with E-state index >= 15 is 0 Å². The molecule has 18 heavy (non-hydrogen) atoms. The number of fused-ring (bicyclic) bond motifs is 1. The number of rotatable bonds is 2. The molecule has 0 aliphatic heterocycles. The summed E-state index contributed by atoms with van der Waals surface area (Å²) in [6.07, 6.45) is 0. The van der Waals surface area contributed by atoms with Crippen LogP contribution in [0.2, 0.25) is 0 Å². The minimum Gasteiger partial charge on any atom is -0.324 e. The van der Waals surface area contributed by atoms with Crippen LogP contribution in [0.3, 0.4) is 0 Å². The number of nitrogens with two attached hydrogens (primary N) is 1. The Morgan fingerprint density at radius 3 is 2.44 bits per heavy atom. The van der Waals surface area contributed by atoms with Crippen LogP contribution in [0.1, 0.15) is 17.8 Å². The maximum atomic E-state index is 5.91. The summed E-state index contributed by atoms with van der Waals surface area (Å²) in [5.74, 6) is 0. The Labute approximate surface area is 111 Å². The maximum absolute atomic E-state index is 5.91. The molecule has 1 atom stereocenters. The van der Waals surface area contributed by atoms with Gasteiger partial charge in [0.2, 0.25) is 0 Å². The zero-order valence-corrected chi connectivity index (χ0v) is 11.1. The SMILES string of the molecule is CC(N)c1ccc(-c2ccc3ccccc3c2)s1. The van der Waals surface area contributed by atoms with E-state index in [1.165, 1.54) is 26.1 Å². The van der Waals surface area contributed by atoms with E-state index in [-0.39, 0.29) is 6.04 Å². The van der Waals surface area contributed by atoms with Gasteiger partial charge in [0, 0.05) is 15.8 Å². The molecule has 0 bridgehead atoms. The Bertz CT molecular complexity index is 682. The molecule has 0 spiro atoms. The monoisotopic (exact) mass is 253 g/mol. The molecule has 1 heterocycles. The first-order valence-electron chi connectivity index (χ1n) is 6.08. The van der Waals surface area contributed by atoms with Gasteiger partial charge in [-0.2, -0.15) is 0 Å². The van der Waals surface area contributed by atoms with Gasteiger partial charge < -0.3 is 5.73 Å². The molecule has 90 valence electrons. The summed E-state index contributed by atoms with van der Waals surface area (Å²) in [4.78, 5) is 2.52. The van der Waals surface area contributed by atoms with Crippen molar-refractivity contribution >= 4 is 22.1 Å². The Kier molecular flexibility index (Phi) is 2.90. The standard InChI is InChI=1S/C16H15NS/c1-11(17)15-8-9-16(18-15)14-7-6-12-4-2-3-5-13(12)10-14/h2-11H,17H2,1H3. The van der Waals surface area contributed by atoms with Crippen LogP contribution in [0, 0.1) is 0 Å². The number of hydrogen-bond acceptors (Lipinski definition) is 2. The van der Waals surface area contributed by atoms with Gasteiger partial charge >= 0.3 is 0 Å². The summed E-state index contributed by atoms with van der Waals surface area (Å²) in [5.41, 5.74) is 7.18. The first kappa shape index (κ1) is 11.5. The van der Waals surface area contributed by atoms with Crippen LogP contribution in [0.15, 0.2) is 54.6 Å². The highest BCUT2D eigenvalue weighted by atomic mass is 32.1. The lowest BCUT2D eigenvalue weighted by molar-refractivity contribution is 0.838. The van der Waals surface area contributed by atoms with Gasteiger partial charge in [-0.3, -0.25) is 0 Å². The van der Waals surface area contributed by atoms with Crippen LogP contribution in [0.5, 0.6) is 0 Å². The van der Waals surface area contributed by atoms with Gasteiger partial charge in [-0.25, -0.2) is 0 Å². The van der Waals surface area contributed by atoms with E-state index in [1.807, 2.05) is 6.92 Å². The smallest absolute Gasteiger partial charge is 0.0361 e. The second-order valence-electron chi connectivity index (χ2n) is 4.55. The number of thiophene rings is 1. The van der Waals surface area contributed by atoms with Gasteiger partial charge in [0.05, 0.1) is 0 Å². The largest absolute Gasteiger partial charge is 0.324 e. The first-order valence-corrected chi connectivity index (χ1v) is 6.90. The van der Waals surface area contributed by atoms with Gasteiger partial charge in [0.1, 0.15) is 0 Å². The fourth-order valence-electron chi connectivity index (χ4n) is 2.10. The van der Waals surface area contributed by atoms with E-state index < -0.39 is 0 Å². The van der Waals surface area contributed by atoms with Crippen LogP contribution in [-0.4, -0.2) is 0 Å². The van der Waals surface area contributed by atoms with Crippen molar-refractivity contribution in [1.29, 1.82) is 0 Å². The molecule has 2 N–H and O–H groups in total. The molecule has 0 amide bonds. The summed E-state index contributed by atoms with van der Waals surface area (Å²) >= 11 is 1.78. The van der Waals surface area contributed by atoms with Crippen molar-refractivity contribution in [2.45, 2.75) is 13.0 Å².